The van der Waals surface area contributed by atoms with Crippen LogP contribution in [0, 0.1) is 0 Å². The Balaban J connectivity index is 1.42. The number of hydrogen-bond acceptors (Lipinski definition) is 5. The molecule has 0 aliphatic carbocycles. The molecule has 0 unspecified atom stereocenters. The standard InChI is InChI=1S/C21H20N2O3S/c24-20-19(27-21(22-20)23-9-11-25-12-10-23)14-17-7-4-8-18(13-17)26-15-16-5-2-1-3-6-16/h1-8,13-14H,9-12,15H2/b19-14-. The van der Waals surface area contributed by atoms with Crippen LogP contribution < -0.4 is 4.74 Å². The molecule has 1 saturated heterocycles. The van der Waals surface area contributed by atoms with Gasteiger partial charge < -0.3 is 14.4 Å². The van der Waals surface area contributed by atoms with Crippen molar-refractivity contribution in [2.24, 2.45) is 4.99 Å². The topological polar surface area (TPSA) is 51.1 Å². The smallest absolute Gasteiger partial charge is 0.286 e. The minimum absolute atomic E-state index is 0.183. The highest BCUT2D eigenvalue weighted by Gasteiger charge is 2.27. The number of hydrogen-bond donors (Lipinski definition) is 0. The van der Waals surface area contributed by atoms with Crippen molar-refractivity contribution in [2.45, 2.75) is 6.61 Å². The van der Waals surface area contributed by atoms with Gasteiger partial charge in [-0.15, -0.1) is 0 Å². The minimum atomic E-state index is -0.183. The second-order valence-electron chi connectivity index (χ2n) is 6.26. The van der Waals surface area contributed by atoms with E-state index in [0.29, 0.717) is 24.7 Å². The van der Waals surface area contributed by atoms with Crippen molar-refractivity contribution in [1.29, 1.82) is 0 Å². The van der Waals surface area contributed by atoms with Crippen molar-refractivity contribution >= 4 is 28.9 Å². The largest absolute Gasteiger partial charge is 0.489 e. The Morgan fingerprint density at radius 1 is 1.11 bits per heavy atom. The van der Waals surface area contributed by atoms with E-state index in [1.54, 1.807) is 0 Å². The van der Waals surface area contributed by atoms with Crippen molar-refractivity contribution in [1.82, 2.24) is 4.90 Å². The SMILES string of the molecule is O=C1N=C(N2CCOCC2)S/C1=C\c1cccc(OCc2ccccc2)c1. The first-order valence-electron chi connectivity index (χ1n) is 8.90. The van der Waals surface area contributed by atoms with Crippen molar-refractivity contribution in [2.75, 3.05) is 26.3 Å². The number of benzene rings is 2. The fourth-order valence-corrected chi connectivity index (χ4v) is 3.84. The van der Waals surface area contributed by atoms with E-state index in [0.717, 1.165) is 35.1 Å². The zero-order valence-electron chi connectivity index (χ0n) is 14.8. The Hall–Kier alpha value is -2.57. The number of amides is 1. The summed E-state index contributed by atoms with van der Waals surface area (Å²) in [5.41, 5.74) is 2.04. The number of carbonyl (C=O) groups is 1. The highest BCUT2D eigenvalue weighted by Crippen LogP contribution is 2.31. The Kier molecular flexibility index (Phi) is 5.55. The first-order chi connectivity index (χ1) is 13.3. The van der Waals surface area contributed by atoms with Gasteiger partial charge in [-0.05, 0) is 41.1 Å². The summed E-state index contributed by atoms with van der Waals surface area (Å²) in [5, 5.41) is 0.769. The van der Waals surface area contributed by atoms with Crippen LogP contribution in [-0.4, -0.2) is 42.3 Å². The van der Waals surface area contributed by atoms with Gasteiger partial charge in [-0.2, -0.15) is 4.99 Å². The van der Waals surface area contributed by atoms with Gasteiger partial charge in [-0.3, -0.25) is 4.79 Å². The normalized spacial score (nSPS) is 18.7. The van der Waals surface area contributed by atoms with Gasteiger partial charge >= 0.3 is 0 Å². The third-order valence-electron chi connectivity index (χ3n) is 4.30. The summed E-state index contributed by atoms with van der Waals surface area (Å²) < 4.78 is 11.2. The molecule has 2 heterocycles. The number of thioether (sulfide) groups is 1. The molecule has 2 aliphatic rings. The van der Waals surface area contributed by atoms with E-state index in [1.807, 2.05) is 60.7 Å². The molecule has 2 aliphatic heterocycles. The van der Waals surface area contributed by atoms with Crippen LogP contribution in [0.4, 0.5) is 0 Å². The van der Waals surface area contributed by atoms with Gasteiger partial charge in [0.15, 0.2) is 5.17 Å². The Morgan fingerprint density at radius 3 is 2.74 bits per heavy atom. The highest BCUT2D eigenvalue weighted by atomic mass is 32.2. The van der Waals surface area contributed by atoms with Crippen LogP contribution in [0.3, 0.4) is 0 Å². The monoisotopic (exact) mass is 380 g/mol. The maximum Gasteiger partial charge on any atom is 0.286 e. The number of morpholine rings is 1. The van der Waals surface area contributed by atoms with E-state index in [9.17, 15) is 4.79 Å². The summed E-state index contributed by atoms with van der Waals surface area (Å²) in [4.78, 5) is 19.2. The van der Waals surface area contributed by atoms with E-state index in [1.165, 1.54) is 11.8 Å². The van der Waals surface area contributed by atoms with Crippen LogP contribution >= 0.6 is 11.8 Å². The maximum absolute atomic E-state index is 12.3. The summed E-state index contributed by atoms with van der Waals surface area (Å²) in [5.74, 6) is 0.593. The molecule has 0 atom stereocenters. The summed E-state index contributed by atoms with van der Waals surface area (Å²) in [6, 6.07) is 17.8. The van der Waals surface area contributed by atoms with Crippen LogP contribution in [0.15, 0.2) is 64.5 Å². The van der Waals surface area contributed by atoms with Crippen LogP contribution in [0.1, 0.15) is 11.1 Å². The highest BCUT2D eigenvalue weighted by molar-refractivity contribution is 8.18. The van der Waals surface area contributed by atoms with Gasteiger partial charge in [0, 0.05) is 13.1 Å². The quantitative estimate of drug-likeness (QED) is 0.759. The molecule has 2 aromatic carbocycles. The molecule has 0 aromatic heterocycles. The molecule has 0 radical (unpaired) electrons. The molecule has 0 bridgehead atoms. The average Bonchev–Trinajstić information content (AvgIpc) is 3.09. The minimum Gasteiger partial charge on any atom is -0.489 e. The van der Waals surface area contributed by atoms with E-state index in [4.69, 9.17) is 9.47 Å². The van der Waals surface area contributed by atoms with Crippen molar-refractivity contribution in [3.05, 3.63) is 70.6 Å². The average molecular weight is 380 g/mol. The second kappa shape index (κ2) is 8.41. The molecular weight excluding hydrogens is 360 g/mol. The Morgan fingerprint density at radius 2 is 1.93 bits per heavy atom. The fraction of sp³-hybridized carbons (Fsp3) is 0.238. The number of aliphatic imine (C=N–C) groups is 1. The third kappa shape index (κ3) is 4.59. The number of ether oxygens (including phenoxy) is 2. The van der Waals surface area contributed by atoms with E-state index < -0.39 is 0 Å². The van der Waals surface area contributed by atoms with Crippen LogP contribution in [0.25, 0.3) is 6.08 Å². The fourth-order valence-electron chi connectivity index (χ4n) is 2.87. The molecule has 1 fully saturated rings. The first kappa shape index (κ1) is 17.8. The maximum atomic E-state index is 12.3. The van der Waals surface area contributed by atoms with Gasteiger partial charge in [0.05, 0.1) is 18.1 Å². The molecule has 0 N–H and O–H groups in total. The predicted molar refractivity (Wildman–Crippen MR) is 108 cm³/mol. The number of rotatable bonds is 4. The van der Waals surface area contributed by atoms with Gasteiger partial charge in [-0.25, -0.2) is 0 Å². The molecule has 0 spiro atoms. The molecule has 5 nitrogen and oxygen atoms in total. The second-order valence-corrected chi connectivity index (χ2v) is 7.27. The molecular formula is C21H20N2O3S. The molecule has 27 heavy (non-hydrogen) atoms. The van der Waals surface area contributed by atoms with Crippen molar-refractivity contribution in [3.8, 4) is 5.75 Å². The molecule has 138 valence electrons. The lowest BCUT2D eigenvalue weighted by atomic mass is 10.2. The van der Waals surface area contributed by atoms with Gasteiger partial charge in [-0.1, -0.05) is 42.5 Å². The number of nitrogens with zero attached hydrogens (tertiary/aromatic N) is 2. The Labute approximate surface area is 162 Å². The third-order valence-corrected chi connectivity index (χ3v) is 5.34. The lowest BCUT2D eigenvalue weighted by molar-refractivity contribution is -0.113. The summed E-state index contributed by atoms with van der Waals surface area (Å²) >= 11 is 1.43. The lowest BCUT2D eigenvalue weighted by Crippen LogP contribution is -2.38. The van der Waals surface area contributed by atoms with Gasteiger partial charge in [0.2, 0.25) is 0 Å². The predicted octanol–water partition coefficient (Wildman–Crippen LogP) is 3.57. The zero-order chi connectivity index (χ0) is 18.5. The van der Waals surface area contributed by atoms with E-state index in [2.05, 4.69) is 9.89 Å². The lowest BCUT2D eigenvalue weighted by Gasteiger charge is -2.27. The number of amidine groups is 1. The first-order valence-corrected chi connectivity index (χ1v) is 9.72. The van der Waals surface area contributed by atoms with E-state index in [-0.39, 0.29) is 5.91 Å². The zero-order valence-corrected chi connectivity index (χ0v) is 15.7. The summed E-state index contributed by atoms with van der Waals surface area (Å²) in [6.45, 7) is 3.41. The van der Waals surface area contributed by atoms with Crippen LogP contribution in [-0.2, 0) is 16.1 Å². The van der Waals surface area contributed by atoms with Crippen molar-refractivity contribution in [3.63, 3.8) is 0 Å². The van der Waals surface area contributed by atoms with Crippen LogP contribution in [0.2, 0.25) is 0 Å². The van der Waals surface area contributed by atoms with E-state index >= 15 is 0 Å². The summed E-state index contributed by atoms with van der Waals surface area (Å²) in [7, 11) is 0. The molecule has 6 heteroatoms. The van der Waals surface area contributed by atoms with Gasteiger partial charge in [0.1, 0.15) is 12.4 Å². The summed E-state index contributed by atoms with van der Waals surface area (Å²) in [6.07, 6.45) is 1.87. The molecule has 4 rings (SSSR count). The molecule has 1 amide bonds. The van der Waals surface area contributed by atoms with Crippen molar-refractivity contribution < 1.29 is 14.3 Å². The van der Waals surface area contributed by atoms with Crippen LogP contribution in [0.5, 0.6) is 5.75 Å². The number of carbonyl (C=O) groups excluding carboxylic acids is 1. The Bertz CT molecular complexity index is 874. The van der Waals surface area contributed by atoms with Gasteiger partial charge in [0.25, 0.3) is 5.91 Å². The molecule has 2 aromatic rings. The molecule has 0 saturated carbocycles.